The lowest BCUT2D eigenvalue weighted by molar-refractivity contribution is 0.468. The van der Waals surface area contributed by atoms with Crippen molar-refractivity contribution in [3.63, 3.8) is 0 Å². The zero-order valence-electron chi connectivity index (χ0n) is 7.33. The van der Waals surface area contributed by atoms with E-state index in [1.165, 1.54) is 0 Å². The highest BCUT2D eigenvalue weighted by Crippen LogP contribution is 2.17. The maximum Gasteiger partial charge on any atom is 0.118 e. The summed E-state index contributed by atoms with van der Waals surface area (Å²) in [6.45, 7) is 2.00. The van der Waals surface area contributed by atoms with Gasteiger partial charge in [0.1, 0.15) is 5.75 Å². The molecule has 1 aromatic carbocycles. The van der Waals surface area contributed by atoms with Gasteiger partial charge in [0.15, 0.2) is 0 Å². The van der Waals surface area contributed by atoms with E-state index in [1.54, 1.807) is 6.07 Å². The van der Waals surface area contributed by atoms with Gasteiger partial charge in [0, 0.05) is 0 Å². The smallest absolute Gasteiger partial charge is 0.118 e. The van der Waals surface area contributed by atoms with E-state index in [1.807, 2.05) is 31.2 Å². The fraction of sp³-hybridized carbons (Fsp3) is 0.273. The summed E-state index contributed by atoms with van der Waals surface area (Å²) >= 11 is 0. The van der Waals surface area contributed by atoms with E-state index < -0.39 is 0 Å². The fourth-order valence-corrected chi connectivity index (χ4v) is 1.13. The zero-order valence-corrected chi connectivity index (χ0v) is 7.33. The van der Waals surface area contributed by atoms with Gasteiger partial charge in [-0.15, -0.1) is 0 Å². The Morgan fingerprint density at radius 2 is 2.08 bits per heavy atom. The first-order valence-corrected chi connectivity index (χ1v) is 4.22. The van der Waals surface area contributed by atoms with Crippen molar-refractivity contribution in [1.29, 1.82) is 0 Å². The number of hydrogen-bond donors (Lipinski definition) is 1. The highest BCUT2D eigenvalue weighted by atomic mass is 16.3. The standard InChI is InChI=1S/C11H14O/c1-2-3-4-7-10-8-5-6-9-11(10)12/h2-3,5-6,8-9,12H,4,7H2,1H3/b3-2+. The summed E-state index contributed by atoms with van der Waals surface area (Å²) in [6, 6.07) is 7.48. The average Bonchev–Trinajstić information content (AvgIpc) is 2.09. The molecule has 0 amide bonds. The Kier molecular flexibility index (Phi) is 3.39. The van der Waals surface area contributed by atoms with Gasteiger partial charge < -0.3 is 5.11 Å². The summed E-state index contributed by atoms with van der Waals surface area (Å²) in [4.78, 5) is 0. The first-order chi connectivity index (χ1) is 5.84. The predicted octanol–water partition coefficient (Wildman–Crippen LogP) is 2.90. The minimum atomic E-state index is 0.405. The van der Waals surface area contributed by atoms with Gasteiger partial charge in [-0.05, 0) is 31.4 Å². The van der Waals surface area contributed by atoms with Crippen LogP contribution in [0.4, 0.5) is 0 Å². The number of aromatic hydroxyl groups is 1. The number of aryl methyl sites for hydroxylation is 1. The molecule has 0 spiro atoms. The molecular weight excluding hydrogens is 148 g/mol. The molecular formula is C11H14O. The third kappa shape index (κ3) is 2.42. The van der Waals surface area contributed by atoms with Crippen LogP contribution in [0.3, 0.4) is 0 Å². The van der Waals surface area contributed by atoms with Crippen molar-refractivity contribution in [2.45, 2.75) is 19.8 Å². The Bertz CT molecular complexity index is 263. The SMILES string of the molecule is C/C=C/CCc1ccccc1O. The van der Waals surface area contributed by atoms with Crippen molar-refractivity contribution in [3.8, 4) is 5.75 Å². The average molecular weight is 162 g/mol. The first-order valence-electron chi connectivity index (χ1n) is 4.22. The quantitative estimate of drug-likeness (QED) is 0.677. The molecule has 12 heavy (non-hydrogen) atoms. The molecule has 0 aliphatic heterocycles. The van der Waals surface area contributed by atoms with Gasteiger partial charge in [-0.1, -0.05) is 30.4 Å². The molecule has 0 saturated carbocycles. The third-order valence-electron chi connectivity index (χ3n) is 1.81. The van der Waals surface area contributed by atoms with Gasteiger partial charge in [0.2, 0.25) is 0 Å². The van der Waals surface area contributed by atoms with E-state index in [2.05, 4.69) is 6.08 Å². The monoisotopic (exact) mass is 162 g/mol. The second-order valence-corrected chi connectivity index (χ2v) is 2.74. The van der Waals surface area contributed by atoms with Gasteiger partial charge in [0.25, 0.3) is 0 Å². The molecule has 1 nitrogen and oxygen atoms in total. The Morgan fingerprint density at radius 1 is 1.33 bits per heavy atom. The summed E-state index contributed by atoms with van der Waals surface area (Å²) in [6.07, 6.45) is 6.04. The number of hydrogen-bond acceptors (Lipinski definition) is 1. The van der Waals surface area contributed by atoms with Crippen LogP contribution in [0, 0.1) is 0 Å². The van der Waals surface area contributed by atoms with E-state index in [9.17, 15) is 5.11 Å². The molecule has 0 aliphatic rings. The second kappa shape index (κ2) is 4.60. The molecule has 0 atom stereocenters. The normalized spacial score (nSPS) is 10.8. The lowest BCUT2D eigenvalue weighted by Gasteiger charge is -2.00. The van der Waals surface area contributed by atoms with Crippen LogP contribution in [0.25, 0.3) is 0 Å². The second-order valence-electron chi connectivity index (χ2n) is 2.74. The lowest BCUT2D eigenvalue weighted by atomic mass is 10.1. The minimum Gasteiger partial charge on any atom is -0.508 e. The molecule has 1 aromatic rings. The maximum atomic E-state index is 9.39. The molecule has 0 unspecified atom stereocenters. The fourth-order valence-electron chi connectivity index (χ4n) is 1.13. The number of rotatable bonds is 3. The number of allylic oxidation sites excluding steroid dienone is 2. The molecule has 64 valence electrons. The molecule has 1 N–H and O–H groups in total. The van der Waals surface area contributed by atoms with Crippen LogP contribution in [0.2, 0.25) is 0 Å². The Hall–Kier alpha value is -1.24. The van der Waals surface area contributed by atoms with E-state index in [-0.39, 0.29) is 0 Å². The van der Waals surface area contributed by atoms with Crippen LogP contribution in [-0.2, 0) is 6.42 Å². The van der Waals surface area contributed by atoms with Crippen molar-refractivity contribution >= 4 is 0 Å². The molecule has 0 saturated heterocycles. The largest absolute Gasteiger partial charge is 0.508 e. The van der Waals surface area contributed by atoms with Crippen molar-refractivity contribution in [1.82, 2.24) is 0 Å². The highest BCUT2D eigenvalue weighted by molar-refractivity contribution is 5.31. The highest BCUT2D eigenvalue weighted by Gasteiger charge is 1.96. The molecule has 0 aliphatic carbocycles. The molecule has 1 heteroatoms. The maximum absolute atomic E-state index is 9.39. The van der Waals surface area contributed by atoms with Crippen LogP contribution in [0.5, 0.6) is 5.75 Å². The van der Waals surface area contributed by atoms with Gasteiger partial charge in [-0.2, -0.15) is 0 Å². The summed E-state index contributed by atoms with van der Waals surface area (Å²) in [5.41, 5.74) is 1.02. The molecule has 0 heterocycles. The van der Waals surface area contributed by atoms with Gasteiger partial charge in [-0.25, -0.2) is 0 Å². The molecule has 0 aromatic heterocycles. The van der Waals surface area contributed by atoms with Crippen LogP contribution in [0.1, 0.15) is 18.9 Å². The summed E-state index contributed by atoms with van der Waals surface area (Å²) < 4.78 is 0. The number of phenols is 1. The molecule has 0 radical (unpaired) electrons. The topological polar surface area (TPSA) is 20.2 Å². The summed E-state index contributed by atoms with van der Waals surface area (Å²) in [5.74, 6) is 0.405. The Balaban J connectivity index is 2.57. The number of phenolic OH excluding ortho intramolecular Hbond substituents is 1. The molecule has 0 bridgehead atoms. The van der Waals surface area contributed by atoms with Crippen LogP contribution in [-0.4, -0.2) is 5.11 Å². The first kappa shape index (κ1) is 8.85. The van der Waals surface area contributed by atoms with Crippen molar-refractivity contribution < 1.29 is 5.11 Å². The molecule has 1 rings (SSSR count). The number of benzene rings is 1. The minimum absolute atomic E-state index is 0.405. The van der Waals surface area contributed by atoms with Crippen LogP contribution < -0.4 is 0 Å². The van der Waals surface area contributed by atoms with E-state index in [4.69, 9.17) is 0 Å². The molecule has 0 fully saturated rings. The van der Waals surface area contributed by atoms with E-state index in [0.29, 0.717) is 5.75 Å². The van der Waals surface area contributed by atoms with Crippen molar-refractivity contribution in [2.24, 2.45) is 0 Å². The van der Waals surface area contributed by atoms with Gasteiger partial charge in [-0.3, -0.25) is 0 Å². The summed E-state index contributed by atoms with van der Waals surface area (Å²) in [7, 11) is 0. The van der Waals surface area contributed by atoms with Crippen molar-refractivity contribution in [2.75, 3.05) is 0 Å². The van der Waals surface area contributed by atoms with E-state index >= 15 is 0 Å². The summed E-state index contributed by atoms with van der Waals surface area (Å²) in [5, 5.41) is 9.39. The van der Waals surface area contributed by atoms with Gasteiger partial charge >= 0.3 is 0 Å². The zero-order chi connectivity index (χ0) is 8.81. The Labute approximate surface area is 73.4 Å². The van der Waals surface area contributed by atoms with E-state index in [0.717, 1.165) is 18.4 Å². The van der Waals surface area contributed by atoms with Crippen LogP contribution in [0.15, 0.2) is 36.4 Å². The van der Waals surface area contributed by atoms with Crippen molar-refractivity contribution in [3.05, 3.63) is 42.0 Å². The third-order valence-corrected chi connectivity index (χ3v) is 1.81. The van der Waals surface area contributed by atoms with Crippen LogP contribution >= 0.6 is 0 Å². The lowest BCUT2D eigenvalue weighted by Crippen LogP contribution is -1.83. The Morgan fingerprint density at radius 3 is 2.75 bits per heavy atom. The predicted molar refractivity (Wildman–Crippen MR) is 51.2 cm³/mol. The number of para-hydroxylation sites is 1. The van der Waals surface area contributed by atoms with Gasteiger partial charge in [0.05, 0.1) is 0 Å².